The third kappa shape index (κ3) is 1.15. The highest BCUT2D eigenvalue weighted by molar-refractivity contribution is 5.83. The number of H-pyrrole nitrogens is 2. The van der Waals surface area contributed by atoms with Crippen molar-refractivity contribution in [1.29, 1.82) is 0 Å². The zero-order valence-electron chi connectivity index (χ0n) is 7.73. The van der Waals surface area contributed by atoms with Gasteiger partial charge >= 0.3 is 0 Å². The summed E-state index contributed by atoms with van der Waals surface area (Å²) in [6, 6.07) is 5.74. The highest BCUT2D eigenvalue weighted by Gasteiger charge is 2.06. The standard InChI is InChI=1S/C9H8N6/c10-9-6(4-11-14-9)5-1-2-7-8(3-5)13-15-12-7/h1-4H,(H3,10,11,14)(H,12,13,15). The van der Waals surface area contributed by atoms with Gasteiger partial charge in [0.1, 0.15) is 16.9 Å². The fourth-order valence-corrected chi connectivity index (χ4v) is 1.53. The first kappa shape index (κ1) is 7.98. The van der Waals surface area contributed by atoms with Gasteiger partial charge in [-0.25, -0.2) is 0 Å². The number of aromatic nitrogens is 5. The number of nitrogen functional groups attached to an aromatic ring is 1. The summed E-state index contributed by atoms with van der Waals surface area (Å²) in [7, 11) is 0. The molecule has 0 aliphatic rings. The van der Waals surface area contributed by atoms with Crippen LogP contribution in [0.4, 0.5) is 5.82 Å². The van der Waals surface area contributed by atoms with Gasteiger partial charge in [0.2, 0.25) is 0 Å². The van der Waals surface area contributed by atoms with Gasteiger partial charge in [-0.1, -0.05) is 6.07 Å². The lowest BCUT2D eigenvalue weighted by molar-refractivity contribution is 0.959. The average molecular weight is 200 g/mol. The van der Waals surface area contributed by atoms with E-state index >= 15 is 0 Å². The van der Waals surface area contributed by atoms with Gasteiger partial charge in [-0.05, 0) is 17.7 Å². The van der Waals surface area contributed by atoms with Gasteiger partial charge in [0.05, 0.1) is 6.20 Å². The van der Waals surface area contributed by atoms with Crippen LogP contribution in [-0.4, -0.2) is 25.6 Å². The molecule has 2 aromatic heterocycles. The minimum absolute atomic E-state index is 0.554. The summed E-state index contributed by atoms with van der Waals surface area (Å²) in [5.41, 5.74) is 9.23. The Bertz CT molecular complexity index is 608. The lowest BCUT2D eigenvalue weighted by Gasteiger charge is -1.97. The summed E-state index contributed by atoms with van der Waals surface area (Å²) in [4.78, 5) is 0. The number of nitrogens with two attached hydrogens (primary N) is 1. The van der Waals surface area contributed by atoms with Crippen molar-refractivity contribution in [2.75, 3.05) is 5.73 Å². The van der Waals surface area contributed by atoms with E-state index in [4.69, 9.17) is 5.73 Å². The second kappa shape index (κ2) is 2.81. The van der Waals surface area contributed by atoms with E-state index < -0.39 is 0 Å². The first-order valence-electron chi connectivity index (χ1n) is 4.44. The van der Waals surface area contributed by atoms with Crippen LogP contribution in [0.2, 0.25) is 0 Å². The van der Waals surface area contributed by atoms with Gasteiger partial charge in [-0.15, -0.1) is 0 Å². The van der Waals surface area contributed by atoms with Crippen molar-refractivity contribution in [2.45, 2.75) is 0 Å². The fourth-order valence-electron chi connectivity index (χ4n) is 1.53. The summed E-state index contributed by atoms with van der Waals surface area (Å²) in [6.07, 6.45) is 1.69. The van der Waals surface area contributed by atoms with Crippen molar-refractivity contribution in [2.24, 2.45) is 0 Å². The highest BCUT2D eigenvalue weighted by atomic mass is 15.3. The maximum Gasteiger partial charge on any atom is 0.126 e. The van der Waals surface area contributed by atoms with Crippen LogP contribution >= 0.6 is 0 Å². The van der Waals surface area contributed by atoms with Gasteiger partial charge in [0, 0.05) is 5.56 Å². The van der Waals surface area contributed by atoms with E-state index in [0.29, 0.717) is 5.82 Å². The highest BCUT2D eigenvalue weighted by Crippen LogP contribution is 2.25. The Balaban J connectivity index is 2.23. The molecule has 0 bridgehead atoms. The first-order valence-corrected chi connectivity index (χ1v) is 4.44. The predicted octanol–water partition coefficient (Wildman–Crippen LogP) is 0.930. The summed E-state index contributed by atoms with van der Waals surface area (Å²) < 4.78 is 0. The lowest BCUT2D eigenvalue weighted by atomic mass is 10.1. The largest absolute Gasteiger partial charge is 0.384 e. The number of aromatic amines is 2. The number of anilines is 1. The first-order chi connectivity index (χ1) is 7.34. The molecule has 74 valence electrons. The molecule has 0 unspecified atom stereocenters. The van der Waals surface area contributed by atoms with Crippen LogP contribution in [0.25, 0.3) is 22.2 Å². The van der Waals surface area contributed by atoms with E-state index in [2.05, 4.69) is 25.6 Å². The molecule has 1 aromatic carbocycles. The Morgan fingerprint density at radius 1 is 1.13 bits per heavy atom. The van der Waals surface area contributed by atoms with Crippen molar-refractivity contribution in [3.8, 4) is 11.1 Å². The molecule has 0 spiro atoms. The van der Waals surface area contributed by atoms with Crippen LogP contribution in [0.1, 0.15) is 0 Å². The Morgan fingerprint density at radius 3 is 2.80 bits per heavy atom. The molecule has 6 nitrogen and oxygen atoms in total. The van der Waals surface area contributed by atoms with Crippen LogP contribution in [0, 0.1) is 0 Å². The van der Waals surface area contributed by atoms with Crippen LogP contribution < -0.4 is 5.73 Å². The SMILES string of the molecule is Nc1[nH]ncc1-c1ccc2n[nH]nc2c1. The van der Waals surface area contributed by atoms with E-state index in [9.17, 15) is 0 Å². The molecular weight excluding hydrogens is 192 g/mol. The Kier molecular flexibility index (Phi) is 1.49. The van der Waals surface area contributed by atoms with Crippen LogP contribution in [-0.2, 0) is 0 Å². The maximum absolute atomic E-state index is 5.73. The number of benzene rings is 1. The quantitative estimate of drug-likeness (QED) is 0.544. The molecular formula is C9H8N6. The second-order valence-electron chi connectivity index (χ2n) is 3.22. The van der Waals surface area contributed by atoms with Gasteiger partial charge in [-0.3, -0.25) is 5.10 Å². The van der Waals surface area contributed by atoms with Crippen LogP contribution in [0.3, 0.4) is 0 Å². The van der Waals surface area contributed by atoms with E-state index in [-0.39, 0.29) is 0 Å². The number of nitrogens with one attached hydrogen (secondary N) is 2. The van der Waals surface area contributed by atoms with Crippen molar-refractivity contribution in [1.82, 2.24) is 25.6 Å². The topological polar surface area (TPSA) is 96.3 Å². The van der Waals surface area contributed by atoms with Crippen molar-refractivity contribution >= 4 is 16.9 Å². The molecule has 0 radical (unpaired) electrons. The minimum Gasteiger partial charge on any atom is -0.384 e. The molecule has 0 saturated carbocycles. The van der Waals surface area contributed by atoms with E-state index in [1.54, 1.807) is 6.20 Å². The molecule has 6 heteroatoms. The number of rotatable bonds is 1. The zero-order valence-corrected chi connectivity index (χ0v) is 7.73. The molecule has 3 rings (SSSR count). The average Bonchev–Trinajstić information content (AvgIpc) is 2.84. The minimum atomic E-state index is 0.554. The van der Waals surface area contributed by atoms with Crippen molar-refractivity contribution in [3.05, 3.63) is 24.4 Å². The molecule has 0 saturated heterocycles. The van der Waals surface area contributed by atoms with E-state index in [1.807, 2.05) is 18.2 Å². The van der Waals surface area contributed by atoms with Gasteiger partial charge < -0.3 is 5.73 Å². The molecule has 4 N–H and O–H groups in total. The van der Waals surface area contributed by atoms with Gasteiger partial charge in [0.25, 0.3) is 0 Å². The number of hydrogen-bond acceptors (Lipinski definition) is 4. The molecule has 0 aliphatic carbocycles. The fraction of sp³-hybridized carbons (Fsp3) is 0. The molecule has 0 aliphatic heterocycles. The van der Waals surface area contributed by atoms with Gasteiger partial charge in [-0.2, -0.15) is 20.5 Å². The second-order valence-corrected chi connectivity index (χ2v) is 3.22. The normalized spacial score (nSPS) is 10.9. The van der Waals surface area contributed by atoms with Crippen LogP contribution in [0.15, 0.2) is 24.4 Å². The third-order valence-electron chi connectivity index (χ3n) is 2.30. The van der Waals surface area contributed by atoms with E-state index in [0.717, 1.165) is 22.2 Å². The number of nitrogens with zero attached hydrogens (tertiary/aromatic N) is 3. The maximum atomic E-state index is 5.73. The van der Waals surface area contributed by atoms with E-state index in [1.165, 1.54) is 0 Å². The van der Waals surface area contributed by atoms with Crippen molar-refractivity contribution < 1.29 is 0 Å². The Hall–Kier alpha value is -2.37. The third-order valence-corrected chi connectivity index (χ3v) is 2.30. The summed E-state index contributed by atoms with van der Waals surface area (Å²) in [5.74, 6) is 0.554. The summed E-state index contributed by atoms with van der Waals surface area (Å²) >= 11 is 0. The number of fused-ring (bicyclic) bond motifs is 1. The molecule has 15 heavy (non-hydrogen) atoms. The van der Waals surface area contributed by atoms with Crippen molar-refractivity contribution in [3.63, 3.8) is 0 Å². The molecule has 3 aromatic rings. The zero-order chi connectivity index (χ0) is 10.3. The lowest BCUT2D eigenvalue weighted by Crippen LogP contribution is -1.87. The molecule has 2 heterocycles. The summed E-state index contributed by atoms with van der Waals surface area (Å²) in [5, 5.41) is 17.1. The van der Waals surface area contributed by atoms with Crippen LogP contribution in [0.5, 0.6) is 0 Å². The van der Waals surface area contributed by atoms with Gasteiger partial charge in [0.15, 0.2) is 0 Å². The number of hydrogen-bond donors (Lipinski definition) is 3. The molecule has 0 amide bonds. The molecule has 0 fully saturated rings. The smallest absolute Gasteiger partial charge is 0.126 e. The Labute approximate surface area is 84.5 Å². The monoisotopic (exact) mass is 200 g/mol. The molecule has 0 atom stereocenters. The Morgan fingerprint density at radius 2 is 2.00 bits per heavy atom. The summed E-state index contributed by atoms with van der Waals surface area (Å²) in [6.45, 7) is 0. The predicted molar refractivity (Wildman–Crippen MR) is 55.9 cm³/mol.